The van der Waals surface area contributed by atoms with Gasteiger partial charge in [0.05, 0.1) is 11.4 Å². The van der Waals surface area contributed by atoms with Gasteiger partial charge in [-0.2, -0.15) is 0 Å². The van der Waals surface area contributed by atoms with Gasteiger partial charge in [0.2, 0.25) is 5.91 Å². The van der Waals surface area contributed by atoms with E-state index in [0.717, 1.165) is 11.1 Å². The fourth-order valence-corrected chi connectivity index (χ4v) is 3.32. The molecule has 8 heteroatoms. The molecule has 0 spiro atoms. The maximum Gasteiger partial charge on any atom is 0.264 e. The van der Waals surface area contributed by atoms with E-state index in [4.69, 9.17) is 28.9 Å². The van der Waals surface area contributed by atoms with E-state index in [1.54, 1.807) is 30.3 Å². The molecule has 0 saturated heterocycles. The third-order valence-electron chi connectivity index (χ3n) is 2.79. The number of benzene rings is 2. The molecule has 0 saturated carbocycles. The highest BCUT2D eigenvalue weighted by Crippen LogP contribution is 2.27. The summed E-state index contributed by atoms with van der Waals surface area (Å²) in [6, 6.07) is 11.0. The molecule has 0 heterocycles. The second kappa shape index (κ2) is 6.66. The lowest BCUT2D eigenvalue weighted by atomic mass is 10.1. The molecule has 3 N–H and O–H groups in total. The summed E-state index contributed by atoms with van der Waals surface area (Å²) in [6.07, 6.45) is 0. The monoisotopic (exact) mass is 358 g/mol. The molecule has 2 rings (SSSR count). The van der Waals surface area contributed by atoms with Crippen molar-refractivity contribution in [1.29, 1.82) is 0 Å². The van der Waals surface area contributed by atoms with Crippen LogP contribution in [-0.2, 0) is 14.8 Å². The lowest BCUT2D eigenvalue weighted by molar-refractivity contribution is -0.118. The van der Waals surface area contributed by atoms with Crippen molar-refractivity contribution in [2.75, 3.05) is 6.54 Å². The number of rotatable bonds is 4. The highest BCUT2D eigenvalue weighted by atomic mass is 35.5. The van der Waals surface area contributed by atoms with Gasteiger partial charge in [0.1, 0.15) is 0 Å². The topological polar surface area (TPSA) is 89.3 Å². The van der Waals surface area contributed by atoms with Crippen LogP contribution < -0.4 is 10.5 Å². The van der Waals surface area contributed by atoms with Gasteiger partial charge in [-0.1, -0.05) is 35.3 Å². The van der Waals surface area contributed by atoms with E-state index in [1.165, 1.54) is 12.1 Å². The normalized spacial score (nSPS) is 11.2. The van der Waals surface area contributed by atoms with Crippen molar-refractivity contribution in [3.05, 3.63) is 52.5 Å². The van der Waals surface area contributed by atoms with Crippen LogP contribution in [0.2, 0.25) is 10.0 Å². The smallest absolute Gasteiger partial charge is 0.264 e. The molecule has 0 atom stereocenters. The van der Waals surface area contributed by atoms with E-state index in [1.807, 2.05) is 4.72 Å². The summed E-state index contributed by atoms with van der Waals surface area (Å²) in [5, 5.41) is 0.962. The first-order chi connectivity index (χ1) is 10.3. The Morgan fingerprint density at radius 1 is 1.00 bits per heavy atom. The van der Waals surface area contributed by atoms with Crippen molar-refractivity contribution in [2.45, 2.75) is 4.90 Å². The number of hydrogen-bond acceptors (Lipinski definition) is 4. The van der Waals surface area contributed by atoms with Gasteiger partial charge < -0.3 is 5.73 Å². The minimum absolute atomic E-state index is 0.0359. The van der Waals surface area contributed by atoms with Crippen molar-refractivity contribution in [3.63, 3.8) is 0 Å². The Kier molecular flexibility index (Phi) is 5.08. The van der Waals surface area contributed by atoms with Gasteiger partial charge in [-0.25, -0.2) is 13.1 Å². The van der Waals surface area contributed by atoms with Crippen LogP contribution in [0.3, 0.4) is 0 Å². The summed E-state index contributed by atoms with van der Waals surface area (Å²) in [5.74, 6) is -0.773. The molecule has 0 aromatic heterocycles. The molecular formula is C14H12Cl2N2O3S. The molecule has 22 heavy (non-hydrogen) atoms. The highest BCUT2D eigenvalue weighted by molar-refractivity contribution is 7.90. The number of carbonyl (C=O) groups is 1. The fourth-order valence-electron chi connectivity index (χ4n) is 1.80. The molecule has 0 aliphatic heterocycles. The molecule has 0 unspecified atom stereocenters. The molecular weight excluding hydrogens is 347 g/mol. The van der Waals surface area contributed by atoms with Crippen molar-refractivity contribution in [1.82, 2.24) is 4.72 Å². The van der Waals surface area contributed by atoms with Gasteiger partial charge in [0.25, 0.3) is 10.0 Å². The van der Waals surface area contributed by atoms with Crippen LogP contribution in [-0.4, -0.2) is 20.9 Å². The summed E-state index contributed by atoms with van der Waals surface area (Å²) in [7, 11) is -3.92. The third-order valence-corrected chi connectivity index (χ3v) is 4.62. The Bertz CT molecular complexity index is 785. The molecule has 2 aromatic rings. The average Bonchev–Trinajstić information content (AvgIpc) is 2.46. The zero-order valence-electron chi connectivity index (χ0n) is 11.2. The van der Waals surface area contributed by atoms with Crippen LogP contribution in [0.25, 0.3) is 11.1 Å². The van der Waals surface area contributed by atoms with Gasteiger partial charge in [0.15, 0.2) is 0 Å². The third kappa shape index (κ3) is 3.98. The Hall–Kier alpha value is -1.60. The van der Waals surface area contributed by atoms with Gasteiger partial charge in [-0.05, 0) is 41.5 Å². The van der Waals surface area contributed by atoms with Crippen LogP contribution in [0.5, 0.6) is 0 Å². The Morgan fingerprint density at radius 3 is 2.05 bits per heavy atom. The van der Waals surface area contributed by atoms with E-state index >= 15 is 0 Å². The summed E-state index contributed by atoms with van der Waals surface area (Å²) >= 11 is 11.9. The van der Waals surface area contributed by atoms with Crippen LogP contribution in [0.4, 0.5) is 0 Å². The Balaban J connectivity index is 2.32. The van der Waals surface area contributed by atoms with E-state index < -0.39 is 22.5 Å². The van der Waals surface area contributed by atoms with Crippen LogP contribution >= 0.6 is 23.2 Å². The molecule has 1 amide bonds. The minimum atomic E-state index is -3.92. The summed E-state index contributed by atoms with van der Waals surface area (Å²) in [6.45, 7) is -0.404. The lowest BCUT2D eigenvalue weighted by Gasteiger charge is -2.08. The zero-order chi connectivity index (χ0) is 16.3. The molecule has 0 fully saturated rings. The van der Waals surface area contributed by atoms with Crippen LogP contribution in [0.15, 0.2) is 47.4 Å². The Labute approximate surface area is 138 Å². The standard InChI is InChI=1S/C14H12Cl2N2O3S/c15-11-5-10(6-12(16)7-11)9-1-3-13(4-2-9)22(20,21)18-14(19)8-17/h1-7H,8,17H2,(H,18,19). The lowest BCUT2D eigenvalue weighted by Crippen LogP contribution is -2.35. The molecule has 0 aliphatic rings. The van der Waals surface area contributed by atoms with E-state index in [2.05, 4.69) is 0 Å². The predicted molar refractivity (Wildman–Crippen MR) is 86.3 cm³/mol. The molecule has 0 aliphatic carbocycles. The Morgan fingerprint density at radius 2 is 1.55 bits per heavy atom. The number of nitrogens with one attached hydrogen (secondary N) is 1. The largest absolute Gasteiger partial charge is 0.322 e. The fraction of sp³-hybridized carbons (Fsp3) is 0.0714. The maximum absolute atomic E-state index is 11.9. The van der Waals surface area contributed by atoms with Crippen molar-refractivity contribution in [2.24, 2.45) is 5.73 Å². The van der Waals surface area contributed by atoms with Crippen molar-refractivity contribution < 1.29 is 13.2 Å². The van der Waals surface area contributed by atoms with E-state index in [9.17, 15) is 13.2 Å². The number of sulfonamides is 1. The summed E-state index contributed by atoms with van der Waals surface area (Å²) in [5.41, 5.74) is 6.59. The van der Waals surface area contributed by atoms with Crippen LogP contribution in [0.1, 0.15) is 0 Å². The molecule has 0 radical (unpaired) electrons. The first kappa shape index (κ1) is 16.8. The minimum Gasteiger partial charge on any atom is -0.322 e. The number of halogens is 2. The number of carbonyl (C=O) groups excluding carboxylic acids is 1. The summed E-state index contributed by atoms with van der Waals surface area (Å²) < 4.78 is 25.7. The van der Waals surface area contributed by atoms with E-state index in [-0.39, 0.29) is 4.90 Å². The van der Waals surface area contributed by atoms with Crippen molar-refractivity contribution in [3.8, 4) is 11.1 Å². The molecule has 0 bridgehead atoms. The van der Waals surface area contributed by atoms with E-state index in [0.29, 0.717) is 10.0 Å². The highest BCUT2D eigenvalue weighted by Gasteiger charge is 2.16. The maximum atomic E-state index is 11.9. The van der Waals surface area contributed by atoms with Gasteiger partial charge in [-0.3, -0.25) is 4.79 Å². The summed E-state index contributed by atoms with van der Waals surface area (Å²) in [4.78, 5) is 11.1. The van der Waals surface area contributed by atoms with Gasteiger partial charge in [-0.15, -0.1) is 0 Å². The molecule has 5 nitrogen and oxygen atoms in total. The second-order valence-corrected chi connectivity index (χ2v) is 6.97. The average molecular weight is 359 g/mol. The first-order valence-corrected chi connectivity index (χ1v) is 8.38. The van der Waals surface area contributed by atoms with Crippen LogP contribution in [0, 0.1) is 0 Å². The first-order valence-electron chi connectivity index (χ1n) is 6.14. The second-order valence-electron chi connectivity index (χ2n) is 4.42. The SMILES string of the molecule is NCC(=O)NS(=O)(=O)c1ccc(-c2cc(Cl)cc(Cl)c2)cc1. The molecule has 116 valence electrons. The van der Waals surface area contributed by atoms with Gasteiger partial charge >= 0.3 is 0 Å². The number of nitrogens with two attached hydrogens (primary N) is 1. The predicted octanol–water partition coefficient (Wildman–Crippen LogP) is 2.42. The number of amides is 1. The van der Waals surface area contributed by atoms with Crippen molar-refractivity contribution >= 4 is 39.1 Å². The zero-order valence-corrected chi connectivity index (χ0v) is 13.5. The van der Waals surface area contributed by atoms with Gasteiger partial charge in [0, 0.05) is 10.0 Å². The quantitative estimate of drug-likeness (QED) is 0.878. The number of hydrogen-bond donors (Lipinski definition) is 2. The molecule has 2 aromatic carbocycles.